The molecule has 0 aliphatic rings. The lowest BCUT2D eigenvalue weighted by atomic mass is 9.92. The van der Waals surface area contributed by atoms with Gasteiger partial charge in [-0.15, -0.1) is 0 Å². The first kappa shape index (κ1) is 56.6. The second-order valence-electron chi connectivity index (χ2n) is 25.3. The van der Waals surface area contributed by atoms with Crippen molar-refractivity contribution in [2.24, 2.45) is 0 Å². The molecule has 0 atom stereocenters. The third kappa shape index (κ3) is 9.80. The van der Waals surface area contributed by atoms with Crippen LogP contribution in [0.5, 0.6) is 0 Å². The fourth-order valence-electron chi connectivity index (χ4n) is 14.2. The SMILES string of the molecule is c1ccc(-c2nc(-c3ccccc3)nc(-c3ccc4c(c3)oc3ccc(-c5cc(-c6ccc(-c7cccc(-c8nc(-c9ccccc9)nc(-c9ccc%10c(c9)oc9ccc(-c%11cc(-c%12ccccc%12)c%12oc%13ccccc%13c%12c%11)cc9%10)n8)c7)cc6)c6c(c5)oc5ccccc56)cc34)n2)cc1. The van der Waals surface area contributed by atoms with Crippen LogP contribution in [-0.2, 0) is 0 Å². The molecule has 20 aromatic rings. The summed E-state index contributed by atoms with van der Waals surface area (Å²) in [5, 5.41) is 8.28. The lowest BCUT2D eigenvalue weighted by Gasteiger charge is -2.11. The maximum Gasteiger partial charge on any atom is 0.164 e. The van der Waals surface area contributed by atoms with Gasteiger partial charge in [-0.2, -0.15) is 0 Å². The van der Waals surface area contributed by atoms with Gasteiger partial charge in [0, 0.05) is 82.0 Å². The monoisotopic (exact) mass is 1280 g/mol. The summed E-state index contributed by atoms with van der Waals surface area (Å²) in [6.07, 6.45) is 0. The molecule has 0 spiro atoms. The van der Waals surface area contributed by atoms with E-state index in [4.69, 9.17) is 47.6 Å². The number of furan rings is 4. The fourth-order valence-corrected chi connectivity index (χ4v) is 14.2. The second-order valence-corrected chi connectivity index (χ2v) is 25.3. The molecule has 0 aliphatic carbocycles. The molecule has 0 unspecified atom stereocenters. The molecule has 0 saturated carbocycles. The van der Waals surface area contributed by atoms with E-state index in [1.54, 1.807) is 0 Å². The van der Waals surface area contributed by atoms with Gasteiger partial charge >= 0.3 is 0 Å². The van der Waals surface area contributed by atoms with E-state index in [0.717, 1.165) is 177 Å². The number of hydrogen-bond donors (Lipinski definition) is 0. The van der Waals surface area contributed by atoms with Gasteiger partial charge in [0.2, 0.25) is 0 Å². The van der Waals surface area contributed by atoms with Crippen molar-refractivity contribution in [3.8, 4) is 124 Å². The Balaban J connectivity index is 0.628. The molecule has 0 fully saturated rings. The van der Waals surface area contributed by atoms with E-state index < -0.39 is 0 Å². The second kappa shape index (κ2) is 23.0. The summed E-state index contributed by atoms with van der Waals surface area (Å²) in [6, 6.07) is 109. The van der Waals surface area contributed by atoms with Crippen LogP contribution in [0.1, 0.15) is 0 Å². The highest BCUT2D eigenvalue weighted by Crippen LogP contribution is 2.45. The van der Waals surface area contributed by atoms with Crippen LogP contribution < -0.4 is 0 Å². The zero-order chi connectivity index (χ0) is 65.8. The topological polar surface area (TPSA) is 130 Å². The largest absolute Gasteiger partial charge is 0.456 e. The van der Waals surface area contributed by atoms with Crippen molar-refractivity contribution in [3.63, 3.8) is 0 Å². The number of hydrogen-bond acceptors (Lipinski definition) is 10. The van der Waals surface area contributed by atoms with Crippen LogP contribution >= 0.6 is 0 Å². The summed E-state index contributed by atoms with van der Waals surface area (Å²) in [5.74, 6) is 3.44. The predicted octanol–water partition coefficient (Wildman–Crippen LogP) is 24.0. The van der Waals surface area contributed by atoms with Crippen LogP contribution in [0.25, 0.3) is 212 Å². The van der Waals surface area contributed by atoms with Crippen LogP contribution in [0.4, 0.5) is 0 Å². The van der Waals surface area contributed by atoms with E-state index in [1.165, 1.54) is 0 Å². The quantitative estimate of drug-likeness (QED) is 0.123. The van der Waals surface area contributed by atoms with Gasteiger partial charge in [0.1, 0.15) is 44.7 Å². The Morgan fingerprint density at radius 1 is 0.160 bits per heavy atom. The molecule has 0 N–H and O–H groups in total. The molecule has 0 bridgehead atoms. The number of rotatable bonds is 11. The van der Waals surface area contributed by atoms with Gasteiger partial charge in [0.15, 0.2) is 34.9 Å². The zero-order valence-corrected chi connectivity index (χ0v) is 53.3. The van der Waals surface area contributed by atoms with E-state index in [1.807, 2.05) is 133 Å². The van der Waals surface area contributed by atoms with E-state index in [-0.39, 0.29) is 0 Å². The van der Waals surface area contributed by atoms with E-state index >= 15 is 0 Å². The van der Waals surface area contributed by atoms with Crippen molar-refractivity contribution in [3.05, 3.63) is 315 Å². The summed E-state index contributed by atoms with van der Waals surface area (Å²) in [7, 11) is 0. The number of benzene rings is 14. The van der Waals surface area contributed by atoms with Crippen molar-refractivity contribution in [1.29, 1.82) is 0 Å². The summed E-state index contributed by atoms with van der Waals surface area (Å²) in [4.78, 5) is 30.4. The molecule has 466 valence electrons. The van der Waals surface area contributed by atoms with Crippen molar-refractivity contribution >= 4 is 87.8 Å². The molecule has 14 aromatic carbocycles. The Morgan fingerprint density at radius 2 is 0.500 bits per heavy atom. The van der Waals surface area contributed by atoms with Crippen LogP contribution in [0.3, 0.4) is 0 Å². The van der Waals surface area contributed by atoms with Gasteiger partial charge in [-0.05, 0) is 141 Å². The molecular formula is C90H52N6O4. The molecule has 6 heterocycles. The summed E-state index contributed by atoms with van der Waals surface area (Å²) >= 11 is 0. The molecule has 100 heavy (non-hydrogen) atoms. The maximum absolute atomic E-state index is 6.69. The average molecular weight is 1280 g/mol. The molecule has 0 aliphatic heterocycles. The van der Waals surface area contributed by atoms with Crippen molar-refractivity contribution in [2.45, 2.75) is 0 Å². The van der Waals surface area contributed by atoms with Gasteiger partial charge in [0.05, 0.1) is 0 Å². The highest BCUT2D eigenvalue weighted by Gasteiger charge is 2.22. The predicted molar refractivity (Wildman–Crippen MR) is 402 cm³/mol. The van der Waals surface area contributed by atoms with Crippen LogP contribution in [0.15, 0.2) is 333 Å². The molecule has 6 aromatic heterocycles. The molecule has 10 heteroatoms. The van der Waals surface area contributed by atoms with Gasteiger partial charge in [-0.25, -0.2) is 29.9 Å². The Morgan fingerprint density at radius 3 is 1.05 bits per heavy atom. The number of para-hydroxylation sites is 2. The normalized spacial score (nSPS) is 11.8. The Bertz CT molecular complexity index is 6580. The number of aromatic nitrogens is 6. The van der Waals surface area contributed by atoms with Crippen LogP contribution in [0, 0.1) is 0 Å². The summed E-state index contributed by atoms with van der Waals surface area (Å²) < 4.78 is 26.5. The molecule has 20 rings (SSSR count). The third-order valence-corrected chi connectivity index (χ3v) is 19.2. The minimum absolute atomic E-state index is 0.538. The standard InChI is InChI=1S/C90H52N6O4/c1-5-18-54(19-6-1)72-48-65(49-75-67-28-13-15-30-76(67)100-84(72)75)60-38-42-78-73(45-60)68-41-37-64(51-81(68)97-78)90-95-87(58-24-11-4-12-25-58)92-88(96-90)62-27-17-26-59(44-62)53-32-34-55(35-33-53)71-47-66(52-82-83(71)70-29-14-16-31-77(70)99-82)61-39-43-79-74(46-61)69-40-36-63(50-80(69)98-79)89-93-85(56-20-7-2-8-21-56)91-86(94-89)57-22-9-3-10-23-57/h1-52H. The van der Waals surface area contributed by atoms with Gasteiger partial charge < -0.3 is 17.7 Å². The third-order valence-electron chi connectivity index (χ3n) is 19.2. The van der Waals surface area contributed by atoms with Crippen molar-refractivity contribution < 1.29 is 17.7 Å². The van der Waals surface area contributed by atoms with E-state index in [0.29, 0.717) is 34.9 Å². The highest BCUT2D eigenvalue weighted by molar-refractivity contribution is 6.16. The van der Waals surface area contributed by atoms with Crippen molar-refractivity contribution in [2.75, 3.05) is 0 Å². The number of fused-ring (bicyclic) bond motifs is 12. The summed E-state index contributed by atoms with van der Waals surface area (Å²) in [6.45, 7) is 0. The van der Waals surface area contributed by atoms with Gasteiger partial charge in [-0.3, -0.25) is 0 Å². The zero-order valence-electron chi connectivity index (χ0n) is 53.3. The maximum atomic E-state index is 6.69. The first-order valence-corrected chi connectivity index (χ1v) is 33.3. The Hall–Kier alpha value is -13.7. The molecule has 0 amide bonds. The van der Waals surface area contributed by atoms with Gasteiger partial charge in [-0.1, -0.05) is 224 Å². The molecule has 0 saturated heterocycles. The number of nitrogens with zero attached hydrogens (tertiary/aromatic N) is 6. The first-order chi connectivity index (χ1) is 49.5. The summed E-state index contributed by atoms with van der Waals surface area (Å²) in [5.41, 5.74) is 22.2. The minimum atomic E-state index is 0.538. The fraction of sp³-hybridized carbons (Fsp3) is 0. The highest BCUT2D eigenvalue weighted by atomic mass is 16.3. The van der Waals surface area contributed by atoms with Crippen molar-refractivity contribution in [1.82, 2.24) is 29.9 Å². The van der Waals surface area contributed by atoms with E-state index in [9.17, 15) is 0 Å². The first-order valence-electron chi connectivity index (χ1n) is 33.3. The van der Waals surface area contributed by atoms with Crippen LogP contribution in [-0.4, -0.2) is 29.9 Å². The lowest BCUT2D eigenvalue weighted by molar-refractivity contribution is 0.668. The Labute approximate surface area is 571 Å². The lowest BCUT2D eigenvalue weighted by Crippen LogP contribution is -2.00. The molecule has 0 radical (unpaired) electrons. The molecule has 10 nitrogen and oxygen atoms in total. The molecular weight excluding hydrogens is 1230 g/mol. The smallest absolute Gasteiger partial charge is 0.164 e. The van der Waals surface area contributed by atoms with Crippen LogP contribution in [0.2, 0.25) is 0 Å². The average Bonchev–Trinajstić information content (AvgIpc) is 1.56. The Kier molecular flexibility index (Phi) is 13.0. The minimum Gasteiger partial charge on any atom is -0.456 e. The van der Waals surface area contributed by atoms with Gasteiger partial charge in [0.25, 0.3) is 0 Å². The van der Waals surface area contributed by atoms with E-state index in [2.05, 4.69) is 182 Å².